The third-order valence-corrected chi connectivity index (χ3v) is 4.90. The van der Waals surface area contributed by atoms with Crippen LogP contribution in [0.2, 0.25) is 0 Å². The molecule has 1 aromatic carbocycles. The van der Waals surface area contributed by atoms with Crippen LogP contribution in [-0.4, -0.2) is 41.9 Å². The Morgan fingerprint density at radius 1 is 1.23 bits per heavy atom. The molecule has 158 valence electrons. The van der Waals surface area contributed by atoms with Crippen molar-refractivity contribution in [2.24, 2.45) is 0 Å². The fourth-order valence-corrected chi connectivity index (χ4v) is 3.14. The van der Waals surface area contributed by atoms with Crippen LogP contribution >= 0.6 is 0 Å². The van der Waals surface area contributed by atoms with Gasteiger partial charge in [-0.2, -0.15) is 0 Å². The number of aryl methyl sites for hydroxylation is 1. The molecule has 1 aliphatic heterocycles. The Bertz CT molecular complexity index is 954. The second-order valence-corrected chi connectivity index (χ2v) is 7.28. The Morgan fingerprint density at radius 3 is 2.57 bits per heavy atom. The maximum Gasteiger partial charge on any atom is 0.326 e. The third-order valence-electron chi connectivity index (χ3n) is 4.90. The fraction of sp³-hybridized carbons (Fsp3) is 0.333. The topological polar surface area (TPSA) is 118 Å². The Hall–Kier alpha value is -3.62. The average Bonchev–Trinajstić information content (AvgIpc) is 3.31. The smallest absolute Gasteiger partial charge is 0.326 e. The standard InChI is InChI=1S/C21H23N3O6/c1-13-6-8-15(9-7-13)21(3)19(27)24(20(28)23-21)11-18(26)30-12-17(25)22-14(2)16-5-4-10-29-16/h4-10,14H,11-12H2,1-3H3,(H,22,25)(H,23,28)/t14-,21-/m0/s1. The molecule has 1 fully saturated rings. The Morgan fingerprint density at radius 2 is 1.93 bits per heavy atom. The third kappa shape index (κ3) is 4.35. The van der Waals surface area contributed by atoms with E-state index in [9.17, 15) is 19.2 Å². The van der Waals surface area contributed by atoms with Crippen molar-refractivity contribution in [1.29, 1.82) is 0 Å². The van der Waals surface area contributed by atoms with Crippen molar-refractivity contribution >= 4 is 23.8 Å². The first-order valence-electron chi connectivity index (χ1n) is 9.40. The highest BCUT2D eigenvalue weighted by Crippen LogP contribution is 2.28. The second kappa shape index (κ2) is 8.40. The Labute approximate surface area is 173 Å². The van der Waals surface area contributed by atoms with Gasteiger partial charge in [-0.1, -0.05) is 29.8 Å². The molecule has 9 heteroatoms. The zero-order chi connectivity index (χ0) is 21.9. The number of nitrogens with one attached hydrogen (secondary N) is 2. The van der Waals surface area contributed by atoms with Gasteiger partial charge in [-0.05, 0) is 38.5 Å². The number of hydrogen-bond acceptors (Lipinski definition) is 6. The van der Waals surface area contributed by atoms with Crippen LogP contribution in [0.3, 0.4) is 0 Å². The lowest BCUT2D eigenvalue weighted by molar-refractivity contribution is -0.151. The molecule has 0 bridgehead atoms. The second-order valence-electron chi connectivity index (χ2n) is 7.28. The molecule has 0 unspecified atom stereocenters. The van der Waals surface area contributed by atoms with Gasteiger partial charge >= 0.3 is 12.0 Å². The summed E-state index contributed by atoms with van der Waals surface area (Å²) in [4.78, 5) is 49.9. The van der Waals surface area contributed by atoms with Crippen molar-refractivity contribution in [2.45, 2.75) is 32.4 Å². The number of esters is 1. The lowest BCUT2D eigenvalue weighted by atomic mass is 9.91. The molecule has 1 aliphatic rings. The highest BCUT2D eigenvalue weighted by Gasteiger charge is 2.49. The monoisotopic (exact) mass is 413 g/mol. The van der Waals surface area contributed by atoms with Gasteiger partial charge < -0.3 is 19.8 Å². The van der Waals surface area contributed by atoms with Crippen LogP contribution in [0.15, 0.2) is 47.1 Å². The van der Waals surface area contributed by atoms with Crippen molar-refractivity contribution in [3.8, 4) is 0 Å². The van der Waals surface area contributed by atoms with E-state index in [4.69, 9.17) is 9.15 Å². The molecule has 0 aliphatic carbocycles. The number of ether oxygens (including phenoxy) is 1. The van der Waals surface area contributed by atoms with Crippen LogP contribution < -0.4 is 10.6 Å². The maximum atomic E-state index is 12.8. The quantitative estimate of drug-likeness (QED) is 0.528. The summed E-state index contributed by atoms with van der Waals surface area (Å²) in [6.07, 6.45) is 1.49. The number of hydrogen-bond donors (Lipinski definition) is 2. The number of benzene rings is 1. The summed E-state index contributed by atoms with van der Waals surface area (Å²) in [5, 5.41) is 5.24. The highest BCUT2D eigenvalue weighted by atomic mass is 16.5. The fourth-order valence-electron chi connectivity index (χ4n) is 3.14. The molecule has 1 saturated heterocycles. The number of urea groups is 1. The van der Waals surface area contributed by atoms with Crippen LogP contribution in [0.5, 0.6) is 0 Å². The van der Waals surface area contributed by atoms with Gasteiger partial charge in [0.05, 0.1) is 12.3 Å². The number of carbonyl (C=O) groups is 4. The van der Waals surface area contributed by atoms with Crippen molar-refractivity contribution in [1.82, 2.24) is 15.5 Å². The maximum absolute atomic E-state index is 12.8. The Kier molecular flexibility index (Phi) is 5.91. The number of rotatable bonds is 7. The number of imide groups is 1. The minimum Gasteiger partial charge on any atom is -0.467 e. The first-order valence-corrected chi connectivity index (χ1v) is 9.40. The van der Waals surface area contributed by atoms with Crippen molar-refractivity contribution < 1.29 is 28.3 Å². The molecule has 0 radical (unpaired) electrons. The zero-order valence-corrected chi connectivity index (χ0v) is 16.9. The van der Waals surface area contributed by atoms with E-state index in [-0.39, 0.29) is 0 Å². The summed E-state index contributed by atoms with van der Waals surface area (Å²) in [6.45, 7) is 4.08. The molecule has 2 heterocycles. The summed E-state index contributed by atoms with van der Waals surface area (Å²) in [6, 6.07) is 9.47. The first kappa shape index (κ1) is 21.1. The first-order chi connectivity index (χ1) is 14.2. The lowest BCUT2D eigenvalue weighted by Gasteiger charge is -2.22. The molecular weight excluding hydrogens is 390 g/mol. The van der Waals surface area contributed by atoms with Gasteiger partial charge in [0.25, 0.3) is 11.8 Å². The van der Waals surface area contributed by atoms with E-state index in [1.54, 1.807) is 38.1 Å². The predicted molar refractivity (Wildman–Crippen MR) is 105 cm³/mol. The van der Waals surface area contributed by atoms with E-state index in [1.165, 1.54) is 6.26 Å². The molecule has 30 heavy (non-hydrogen) atoms. The van der Waals surface area contributed by atoms with Crippen LogP contribution in [0.4, 0.5) is 4.79 Å². The molecule has 3 rings (SSSR count). The summed E-state index contributed by atoms with van der Waals surface area (Å²) in [5.41, 5.74) is 0.341. The normalized spacial score (nSPS) is 19.4. The summed E-state index contributed by atoms with van der Waals surface area (Å²) in [5.74, 6) is -1.41. The van der Waals surface area contributed by atoms with Gasteiger partial charge in [-0.15, -0.1) is 0 Å². The average molecular weight is 413 g/mol. The van der Waals surface area contributed by atoms with Gasteiger partial charge in [0.1, 0.15) is 17.8 Å². The minimum absolute atomic E-state index is 0.396. The van der Waals surface area contributed by atoms with Gasteiger partial charge in [-0.3, -0.25) is 19.3 Å². The Balaban J connectivity index is 1.54. The molecule has 4 amide bonds. The van der Waals surface area contributed by atoms with Gasteiger partial charge in [0, 0.05) is 0 Å². The lowest BCUT2D eigenvalue weighted by Crippen LogP contribution is -2.42. The summed E-state index contributed by atoms with van der Waals surface area (Å²) < 4.78 is 10.1. The minimum atomic E-state index is -1.28. The summed E-state index contributed by atoms with van der Waals surface area (Å²) >= 11 is 0. The van der Waals surface area contributed by atoms with Gasteiger partial charge in [0.2, 0.25) is 0 Å². The van der Waals surface area contributed by atoms with Crippen LogP contribution in [0.25, 0.3) is 0 Å². The molecule has 0 saturated carbocycles. The number of furan rings is 1. The predicted octanol–water partition coefficient (Wildman–Crippen LogP) is 1.78. The molecule has 2 atom stereocenters. The molecule has 9 nitrogen and oxygen atoms in total. The van der Waals surface area contributed by atoms with Crippen LogP contribution in [0.1, 0.15) is 36.8 Å². The zero-order valence-electron chi connectivity index (χ0n) is 16.9. The van der Waals surface area contributed by atoms with E-state index in [2.05, 4.69) is 10.6 Å². The van der Waals surface area contributed by atoms with Gasteiger partial charge in [0.15, 0.2) is 6.61 Å². The summed E-state index contributed by atoms with van der Waals surface area (Å²) in [7, 11) is 0. The SMILES string of the molecule is Cc1ccc([C@]2(C)NC(=O)N(CC(=O)OCC(=O)N[C@@H](C)c3ccco3)C2=O)cc1. The molecule has 1 aromatic heterocycles. The van der Waals surface area contributed by atoms with Crippen molar-refractivity contribution in [3.63, 3.8) is 0 Å². The van der Waals surface area contributed by atoms with E-state index < -0.39 is 48.5 Å². The number of nitrogens with zero attached hydrogens (tertiary/aromatic N) is 1. The van der Waals surface area contributed by atoms with E-state index in [1.807, 2.05) is 19.1 Å². The molecule has 2 N–H and O–H groups in total. The molecule has 2 aromatic rings. The molecular formula is C21H23N3O6. The van der Waals surface area contributed by atoms with E-state index >= 15 is 0 Å². The van der Waals surface area contributed by atoms with Crippen molar-refractivity contribution in [3.05, 3.63) is 59.5 Å². The van der Waals surface area contributed by atoms with Crippen molar-refractivity contribution in [2.75, 3.05) is 13.2 Å². The number of carbonyl (C=O) groups excluding carboxylic acids is 4. The number of amides is 4. The van der Waals surface area contributed by atoms with Gasteiger partial charge in [-0.25, -0.2) is 4.79 Å². The van der Waals surface area contributed by atoms with E-state index in [0.717, 1.165) is 10.5 Å². The molecule has 0 spiro atoms. The van der Waals surface area contributed by atoms with E-state index in [0.29, 0.717) is 11.3 Å². The highest BCUT2D eigenvalue weighted by molar-refractivity contribution is 6.08. The largest absolute Gasteiger partial charge is 0.467 e. The van der Waals surface area contributed by atoms with Crippen LogP contribution in [0, 0.1) is 6.92 Å². The van der Waals surface area contributed by atoms with Crippen LogP contribution in [-0.2, 0) is 24.7 Å².